The van der Waals surface area contributed by atoms with Crippen molar-refractivity contribution in [3.05, 3.63) is 18.5 Å². The Hall–Kier alpha value is -1.36. The van der Waals surface area contributed by atoms with Crippen LogP contribution in [0.1, 0.15) is 19.8 Å². The van der Waals surface area contributed by atoms with E-state index in [2.05, 4.69) is 5.10 Å². The quantitative estimate of drug-likeness (QED) is 0.829. The van der Waals surface area contributed by atoms with E-state index in [-0.39, 0.29) is 11.9 Å². The minimum absolute atomic E-state index is 0.138. The van der Waals surface area contributed by atoms with Gasteiger partial charge in [-0.15, -0.1) is 0 Å². The van der Waals surface area contributed by atoms with Crippen LogP contribution in [0.15, 0.2) is 18.5 Å². The predicted molar refractivity (Wildman–Crippen MR) is 65.2 cm³/mol. The van der Waals surface area contributed by atoms with Gasteiger partial charge in [0, 0.05) is 31.5 Å². The number of likely N-dealkylation sites (tertiary alicyclic amines) is 1. The highest BCUT2D eigenvalue weighted by Crippen LogP contribution is 2.18. The fraction of sp³-hybridized carbons (Fsp3) is 0.667. The summed E-state index contributed by atoms with van der Waals surface area (Å²) < 4.78 is 1.66. The molecule has 0 radical (unpaired) electrons. The molecule has 0 spiro atoms. The molecule has 1 aliphatic heterocycles. The number of carbonyl (C=O) groups excluding carboxylic acids is 1. The summed E-state index contributed by atoms with van der Waals surface area (Å²) in [6.07, 6.45) is 5.68. The number of piperidine rings is 1. The topological polar surface area (TPSA) is 64.2 Å². The van der Waals surface area contributed by atoms with Crippen LogP contribution < -0.4 is 5.73 Å². The molecule has 0 bridgehead atoms. The van der Waals surface area contributed by atoms with Crippen LogP contribution in [0.4, 0.5) is 0 Å². The van der Waals surface area contributed by atoms with E-state index in [1.807, 2.05) is 24.1 Å². The van der Waals surface area contributed by atoms with Gasteiger partial charge in [-0.2, -0.15) is 5.10 Å². The van der Waals surface area contributed by atoms with Crippen molar-refractivity contribution in [2.24, 2.45) is 11.7 Å². The summed E-state index contributed by atoms with van der Waals surface area (Å²) in [6.45, 7) is 3.99. The fourth-order valence-electron chi connectivity index (χ4n) is 2.30. The summed E-state index contributed by atoms with van der Waals surface area (Å²) in [5.74, 6) is 0.573. The second-order valence-electron chi connectivity index (χ2n) is 4.80. The van der Waals surface area contributed by atoms with Gasteiger partial charge in [0.05, 0.1) is 0 Å². The molecule has 0 saturated carbocycles. The lowest BCUT2D eigenvalue weighted by atomic mass is 9.92. The Labute approximate surface area is 102 Å². The third-order valence-electron chi connectivity index (χ3n) is 3.41. The number of nitrogens with two attached hydrogens (primary N) is 1. The highest BCUT2D eigenvalue weighted by molar-refractivity contribution is 5.76. The van der Waals surface area contributed by atoms with Crippen LogP contribution in [0.25, 0.3) is 0 Å². The fourth-order valence-corrected chi connectivity index (χ4v) is 2.30. The Bertz CT molecular complexity index is 361. The summed E-state index contributed by atoms with van der Waals surface area (Å²) in [5, 5.41) is 4.05. The van der Waals surface area contributed by atoms with Crippen molar-refractivity contribution in [3.8, 4) is 0 Å². The van der Waals surface area contributed by atoms with E-state index in [4.69, 9.17) is 5.73 Å². The van der Waals surface area contributed by atoms with Gasteiger partial charge < -0.3 is 10.6 Å². The second-order valence-corrected chi connectivity index (χ2v) is 4.80. The van der Waals surface area contributed by atoms with Gasteiger partial charge in [-0.1, -0.05) is 0 Å². The lowest BCUT2D eigenvalue weighted by Crippen LogP contribution is -2.46. The lowest BCUT2D eigenvalue weighted by Gasteiger charge is -2.34. The number of carbonyl (C=O) groups is 1. The number of aromatic nitrogens is 2. The van der Waals surface area contributed by atoms with Gasteiger partial charge in [-0.3, -0.25) is 9.48 Å². The molecule has 17 heavy (non-hydrogen) atoms. The van der Waals surface area contributed by atoms with Gasteiger partial charge in [-0.05, 0) is 31.7 Å². The summed E-state index contributed by atoms with van der Waals surface area (Å²) in [4.78, 5) is 14.0. The maximum atomic E-state index is 12.1. The van der Waals surface area contributed by atoms with Crippen LogP contribution in [-0.2, 0) is 11.3 Å². The monoisotopic (exact) mass is 236 g/mol. The molecule has 2 rings (SSSR count). The smallest absolute Gasteiger partial charge is 0.244 e. The van der Waals surface area contributed by atoms with Crippen molar-refractivity contribution in [1.29, 1.82) is 0 Å². The molecule has 1 saturated heterocycles. The number of hydrogen-bond donors (Lipinski definition) is 1. The Balaban J connectivity index is 1.91. The maximum absolute atomic E-state index is 12.1. The number of hydrogen-bond acceptors (Lipinski definition) is 3. The Kier molecular flexibility index (Phi) is 3.78. The van der Waals surface area contributed by atoms with E-state index in [0.717, 1.165) is 25.9 Å². The minimum atomic E-state index is 0.138. The Morgan fingerprint density at radius 2 is 2.47 bits per heavy atom. The van der Waals surface area contributed by atoms with Crippen molar-refractivity contribution < 1.29 is 4.79 Å². The number of nitrogens with zero attached hydrogens (tertiary/aromatic N) is 3. The molecule has 2 N–H and O–H groups in total. The van der Waals surface area contributed by atoms with E-state index in [0.29, 0.717) is 12.5 Å². The van der Waals surface area contributed by atoms with Crippen molar-refractivity contribution in [2.75, 3.05) is 13.1 Å². The normalized spacial score (nSPS) is 22.5. The molecule has 0 unspecified atom stereocenters. The van der Waals surface area contributed by atoms with Crippen LogP contribution >= 0.6 is 0 Å². The molecule has 1 aromatic heterocycles. The predicted octanol–water partition coefficient (Wildman–Crippen LogP) is 0.469. The van der Waals surface area contributed by atoms with E-state index in [1.54, 1.807) is 10.9 Å². The van der Waals surface area contributed by atoms with Crippen molar-refractivity contribution in [1.82, 2.24) is 14.7 Å². The summed E-state index contributed by atoms with van der Waals surface area (Å²) in [6, 6.07) is 1.99. The minimum Gasteiger partial charge on any atom is -0.341 e. The van der Waals surface area contributed by atoms with Gasteiger partial charge in [0.1, 0.15) is 6.54 Å². The van der Waals surface area contributed by atoms with E-state index < -0.39 is 0 Å². The standard InChI is InChI=1S/C12H20N4O/c1-10(13)11-4-2-6-15(8-11)12(17)9-16-7-3-5-14-16/h3,5,7,10-11H,2,4,6,8-9,13H2,1H3/t10-,11-/m1/s1. The first-order chi connectivity index (χ1) is 8.16. The first kappa shape index (κ1) is 12.1. The second kappa shape index (κ2) is 5.31. The molecule has 1 amide bonds. The molecule has 94 valence electrons. The van der Waals surface area contributed by atoms with E-state index in [1.165, 1.54) is 0 Å². The highest BCUT2D eigenvalue weighted by atomic mass is 16.2. The van der Waals surface area contributed by atoms with Crippen LogP contribution in [0, 0.1) is 5.92 Å². The lowest BCUT2D eigenvalue weighted by molar-refractivity contribution is -0.134. The molecule has 1 aromatic rings. The summed E-state index contributed by atoms with van der Waals surface area (Å²) in [7, 11) is 0. The molecule has 2 atom stereocenters. The molecule has 1 aliphatic rings. The zero-order valence-corrected chi connectivity index (χ0v) is 10.2. The largest absolute Gasteiger partial charge is 0.341 e. The molecule has 1 fully saturated rings. The molecule has 2 heterocycles. The average Bonchev–Trinajstić information content (AvgIpc) is 2.82. The third kappa shape index (κ3) is 3.06. The average molecular weight is 236 g/mol. The van der Waals surface area contributed by atoms with Gasteiger partial charge in [-0.25, -0.2) is 0 Å². The molecule has 0 aromatic carbocycles. The van der Waals surface area contributed by atoms with Crippen molar-refractivity contribution in [3.63, 3.8) is 0 Å². The zero-order chi connectivity index (χ0) is 12.3. The molecule has 0 aliphatic carbocycles. The molecular weight excluding hydrogens is 216 g/mol. The molecule has 5 heteroatoms. The summed E-state index contributed by atoms with van der Waals surface area (Å²) >= 11 is 0. The van der Waals surface area contributed by atoms with Crippen LogP contribution in [0.2, 0.25) is 0 Å². The van der Waals surface area contributed by atoms with Gasteiger partial charge in [0.2, 0.25) is 5.91 Å². The molecule has 5 nitrogen and oxygen atoms in total. The number of amides is 1. The Morgan fingerprint density at radius 1 is 1.65 bits per heavy atom. The number of rotatable bonds is 3. The summed E-state index contributed by atoms with van der Waals surface area (Å²) in [5.41, 5.74) is 5.91. The van der Waals surface area contributed by atoms with Crippen molar-refractivity contribution in [2.45, 2.75) is 32.4 Å². The third-order valence-corrected chi connectivity index (χ3v) is 3.41. The van der Waals surface area contributed by atoms with Gasteiger partial charge >= 0.3 is 0 Å². The SMILES string of the molecule is C[C@@H](N)[C@@H]1CCCN(C(=O)Cn2cccn2)C1. The van der Waals surface area contributed by atoms with Crippen LogP contribution in [0.3, 0.4) is 0 Å². The van der Waals surface area contributed by atoms with Crippen LogP contribution in [-0.4, -0.2) is 39.7 Å². The zero-order valence-electron chi connectivity index (χ0n) is 10.2. The highest BCUT2D eigenvalue weighted by Gasteiger charge is 2.25. The maximum Gasteiger partial charge on any atom is 0.244 e. The Morgan fingerprint density at radius 3 is 3.12 bits per heavy atom. The molecular formula is C12H20N4O. The van der Waals surface area contributed by atoms with Crippen molar-refractivity contribution >= 4 is 5.91 Å². The van der Waals surface area contributed by atoms with Gasteiger partial charge in [0.25, 0.3) is 0 Å². The first-order valence-corrected chi connectivity index (χ1v) is 6.17. The van der Waals surface area contributed by atoms with E-state index >= 15 is 0 Å². The van der Waals surface area contributed by atoms with Gasteiger partial charge in [0.15, 0.2) is 0 Å². The first-order valence-electron chi connectivity index (χ1n) is 6.17. The van der Waals surface area contributed by atoms with Crippen LogP contribution in [0.5, 0.6) is 0 Å². The van der Waals surface area contributed by atoms with E-state index in [9.17, 15) is 4.79 Å².